The van der Waals surface area contributed by atoms with Gasteiger partial charge in [-0.05, 0) is 86.7 Å². The third kappa shape index (κ3) is 7.40. The Bertz CT molecular complexity index is 929. The minimum absolute atomic E-state index is 0.296. The molecule has 7 heteroatoms. The van der Waals surface area contributed by atoms with Crippen LogP contribution >= 0.6 is 47.8 Å². The Morgan fingerprint density at radius 3 is 1.19 bits per heavy atom. The van der Waals surface area contributed by atoms with Crippen LogP contribution in [0.1, 0.15) is 56.7 Å². The molecule has 0 aliphatic carbocycles. The molecule has 0 saturated heterocycles. The van der Waals surface area contributed by atoms with Crippen molar-refractivity contribution in [3.63, 3.8) is 0 Å². The summed E-state index contributed by atoms with van der Waals surface area (Å²) in [5.74, 6) is 0. The average molecular weight is 699 g/mol. The summed E-state index contributed by atoms with van der Waals surface area (Å²) in [6.45, 7) is 7.85. The highest BCUT2D eigenvalue weighted by Crippen LogP contribution is 2.44. The van der Waals surface area contributed by atoms with Gasteiger partial charge in [-0.15, -0.1) is 0 Å². The van der Waals surface area contributed by atoms with E-state index >= 15 is 0 Å². The van der Waals surface area contributed by atoms with Crippen LogP contribution in [0.5, 0.6) is 0 Å². The van der Waals surface area contributed by atoms with Gasteiger partial charge in [0.15, 0.2) is 0 Å². The van der Waals surface area contributed by atoms with Crippen molar-refractivity contribution in [2.24, 2.45) is 0 Å². The third-order valence-corrected chi connectivity index (χ3v) is 11.1. The Hall–Kier alpha value is -0.803. The molecule has 0 unspecified atom stereocenters. The first-order chi connectivity index (χ1) is 17.4. The summed E-state index contributed by atoms with van der Waals surface area (Å²) in [5, 5.41) is 0. The van der Waals surface area contributed by atoms with Crippen LogP contribution in [0.15, 0.2) is 86.2 Å². The molecule has 3 aromatic rings. The van der Waals surface area contributed by atoms with Gasteiger partial charge in [-0.3, -0.25) is 0 Å². The van der Waals surface area contributed by atoms with E-state index in [4.69, 9.17) is 13.3 Å². The molecule has 0 aliphatic heterocycles. The van der Waals surface area contributed by atoms with E-state index in [1.54, 1.807) is 0 Å². The SMILES string of the molecule is CCO[Si](CCCCC(c1ccc(Br)cc1)(c1ccc(Br)cc1)c1ccc(Br)cc1)(OCC)OCC. The van der Waals surface area contributed by atoms with Crippen molar-refractivity contribution in [1.82, 2.24) is 0 Å². The second kappa shape index (κ2) is 14.4. The Kier molecular flexibility index (Phi) is 11.9. The molecule has 3 rings (SSSR count). The van der Waals surface area contributed by atoms with Crippen molar-refractivity contribution in [2.75, 3.05) is 19.8 Å². The minimum Gasteiger partial charge on any atom is -0.374 e. The van der Waals surface area contributed by atoms with Gasteiger partial charge in [-0.1, -0.05) is 90.6 Å². The standard InChI is InChI=1S/C29H35Br3O3Si/c1-4-33-36(34-5-2,35-6-3)22-8-7-21-29(23-9-15-26(30)16-10-23,24-11-17-27(31)18-12-24)25-13-19-28(32)20-14-25/h9-20H,4-8,21-22H2,1-3H3. The van der Waals surface area contributed by atoms with Crippen LogP contribution in [-0.2, 0) is 18.7 Å². The molecule has 0 aliphatic rings. The predicted octanol–water partition coefficient (Wildman–Crippen LogP) is 9.53. The molecule has 0 atom stereocenters. The van der Waals surface area contributed by atoms with Crippen molar-refractivity contribution < 1.29 is 13.3 Å². The van der Waals surface area contributed by atoms with Crippen LogP contribution in [0, 0.1) is 0 Å². The first-order valence-corrected chi connectivity index (χ1v) is 16.9. The predicted molar refractivity (Wildman–Crippen MR) is 162 cm³/mol. The van der Waals surface area contributed by atoms with Crippen molar-refractivity contribution in [3.05, 3.63) is 103 Å². The lowest BCUT2D eigenvalue weighted by Gasteiger charge is -2.37. The highest BCUT2D eigenvalue weighted by molar-refractivity contribution is 9.11. The Morgan fingerprint density at radius 2 is 0.889 bits per heavy atom. The normalized spacial score (nSPS) is 12.2. The van der Waals surface area contributed by atoms with Gasteiger partial charge in [0.2, 0.25) is 0 Å². The number of hydrogen-bond acceptors (Lipinski definition) is 3. The van der Waals surface area contributed by atoms with Gasteiger partial charge in [0.25, 0.3) is 0 Å². The summed E-state index contributed by atoms with van der Waals surface area (Å²) in [6, 6.07) is 27.1. The molecule has 36 heavy (non-hydrogen) atoms. The molecule has 0 spiro atoms. The van der Waals surface area contributed by atoms with Crippen LogP contribution in [0.2, 0.25) is 6.04 Å². The maximum atomic E-state index is 6.11. The molecule has 0 aromatic heterocycles. The van der Waals surface area contributed by atoms with Crippen LogP contribution in [0.3, 0.4) is 0 Å². The van der Waals surface area contributed by atoms with Crippen LogP contribution < -0.4 is 0 Å². The lowest BCUT2D eigenvalue weighted by Crippen LogP contribution is -2.46. The number of unbranched alkanes of at least 4 members (excludes halogenated alkanes) is 1. The van der Waals surface area contributed by atoms with E-state index in [2.05, 4.69) is 121 Å². The van der Waals surface area contributed by atoms with Crippen molar-refractivity contribution >= 4 is 56.6 Å². The van der Waals surface area contributed by atoms with E-state index in [9.17, 15) is 0 Å². The van der Waals surface area contributed by atoms with E-state index in [-0.39, 0.29) is 5.41 Å². The Labute approximate surface area is 242 Å². The summed E-state index contributed by atoms with van der Waals surface area (Å²) in [6.07, 6.45) is 2.93. The number of hydrogen-bond donors (Lipinski definition) is 0. The van der Waals surface area contributed by atoms with Gasteiger partial charge in [0, 0.05) is 44.7 Å². The Morgan fingerprint density at radius 1 is 0.556 bits per heavy atom. The van der Waals surface area contributed by atoms with Crippen LogP contribution in [-0.4, -0.2) is 28.6 Å². The quantitative estimate of drug-likeness (QED) is 0.0954. The van der Waals surface area contributed by atoms with Gasteiger partial charge in [-0.2, -0.15) is 0 Å². The summed E-state index contributed by atoms with van der Waals surface area (Å²) in [5.41, 5.74) is 3.53. The fraction of sp³-hybridized carbons (Fsp3) is 0.379. The van der Waals surface area contributed by atoms with Crippen LogP contribution in [0.25, 0.3) is 0 Å². The van der Waals surface area contributed by atoms with Gasteiger partial charge in [0.05, 0.1) is 0 Å². The zero-order chi connectivity index (χ0) is 26.0. The molecular weight excluding hydrogens is 664 g/mol. The zero-order valence-corrected chi connectivity index (χ0v) is 27.0. The molecule has 0 N–H and O–H groups in total. The summed E-state index contributed by atoms with van der Waals surface area (Å²) in [4.78, 5) is 0. The fourth-order valence-electron chi connectivity index (χ4n) is 4.87. The van der Waals surface area contributed by atoms with E-state index in [1.807, 2.05) is 20.8 Å². The van der Waals surface area contributed by atoms with E-state index in [0.717, 1.165) is 38.7 Å². The molecule has 194 valence electrons. The molecule has 0 heterocycles. The molecule has 0 saturated carbocycles. The molecule has 0 fully saturated rings. The average Bonchev–Trinajstić information content (AvgIpc) is 2.87. The summed E-state index contributed by atoms with van der Waals surface area (Å²) < 4.78 is 21.6. The number of benzene rings is 3. The highest BCUT2D eigenvalue weighted by atomic mass is 79.9. The maximum absolute atomic E-state index is 6.11. The molecule has 3 nitrogen and oxygen atoms in total. The van der Waals surface area contributed by atoms with Crippen molar-refractivity contribution in [1.29, 1.82) is 0 Å². The Balaban J connectivity index is 2.01. The van der Waals surface area contributed by atoms with E-state index in [0.29, 0.717) is 19.8 Å². The van der Waals surface area contributed by atoms with Gasteiger partial charge in [-0.25, -0.2) is 0 Å². The molecule has 0 bridgehead atoms. The highest BCUT2D eigenvalue weighted by Gasteiger charge is 2.41. The summed E-state index contributed by atoms with van der Waals surface area (Å²) in [7, 11) is -2.67. The zero-order valence-electron chi connectivity index (χ0n) is 21.2. The summed E-state index contributed by atoms with van der Waals surface area (Å²) >= 11 is 10.9. The third-order valence-electron chi connectivity index (χ3n) is 6.39. The van der Waals surface area contributed by atoms with Gasteiger partial charge >= 0.3 is 8.80 Å². The second-order valence-corrected chi connectivity index (χ2v) is 14.1. The smallest absolute Gasteiger partial charge is 0.374 e. The van der Waals surface area contributed by atoms with E-state index < -0.39 is 8.80 Å². The lowest BCUT2D eigenvalue weighted by molar-refractivity contribution is 0.0706. The first-order valence-electron chi connectivity index (χ1n) is 12.6. The van der Waals surface area contributed by atoms with E-state index in [1.165, 1.54) is 16.7 Å². The van der Waals surface area contributed by atoms with Crippen LogP contribution in [0.4, 0.5) is 0 Å². The first kappa shape index (κ1) is 29.7. The molecule has 0 radical (unpaired) electrons. The maximum Gasteiger partial charge on any atom is 0.500 e. The van der Waals surface area contributed by atoms with Crippen molar-refractivity contribution in [3.8, 4) is 0 Å². The molecule has 0 amide bonds. The number of halogens is 3. The van der Waals surface area contributed by atoms with Gasteiger partial charge < -0.3 is 13.3 Å². The topological polar surface area (TPSA) is 27.7 Å². The minimum atomic E-state index is -2.67. The largest absolute Gasteiger partial charge is 0.500 e. The van der Waals surface area contributed by atoms with Crippen molar-refractivity contribution in [2.45, 2.75) is 51.5 Å². The number of rotatable bonds is 14. The monoisotopic (exact) mass is 696 g/mol. The molecular formula is C29H35Br3O3Si. The molecule has 3 aromatic carbocycles. The lowest BCUT2D eigenvalue weighted by atomic mass is 9.66. The van der Waals surface area contributed by atoms with Gasteiger partial charge in [0.1, 0.15) is 0 Å². The fourth-order valence-corrected chi connectivity index (χ4v) is 8.35. The second-order valence-electron chi connectivity index (χ2n) is 8.62.